The van der Waals surface area contributed by atoms with Crippen LogP contribution >= 0.6 is 0 Å². The van der Waals surface area contributed by atoms with E-state index in [4.69, 9.17) is 4.74 Å². The predicted octanol–water partition coefficient (Wildman–Crippen LogP) is 2.83. The molecular formula is C14H14F2N2O2. The van der Waals surface area contributed by atoms with Crippen molar-refractivity contribution in [2.75, 3.05) is 6.61 Å². The minimum atomic E-state index is -0.997. The Labute approximate surface area is 114 Å². The molecular weight excluding hydrogens is 266 g/mol. The smallest absolute Gasteiger partial charge is 0.319 e. The molecule has 1 aliphatic rings. The molecule has 0 bridgehead atoms. The van der Waals surface area contributed by atoms with Crippen LogP contribution in [0, 0.1) is 11.6 Å². The van der Waals surface area contributed by atoms with E-state index in [2.05, 4.69) is 9.97 Å². The number of benzene rings is 1. The SMILES string of the molecule is CCOC(=O)C1(c2nc3c(F)c(F)ccc3[nH]2)CCC1. The van der Waals surface area contributed by atoms with Gasteiger partial charge in [0.15, 0.2) is 11.6 Å². The third-order valence-corrected chi connectivity index (χ3v) is 3.87. The number of ether oxygens (including phenoxy) is 1. The molecule has 1 heterocycles. The normalized spacial score (nSPS) is 16.9. The third-order valence-electron chi connectivity index (χ3n) is 3.87. The number of fused-ring (bicyclic) bond motifs is 1. The number of halogens is 2. The Balaban J connectivity index is 2.09. The van der Waals surface area contributed by atoms with Crippen molar-refractivity contribution in [3.8, 4) is 0 Å². The predicted molar refractivity (Wildman–Crippen MR) is 68.2 cm³/mol. The van der Waals surface area contributed by atoms with E-state index in [0.717, 1.165) is 12.5 Å². The quantitative estimate of drug-likeness (QED) is 0.880. The molecule has 1 saturated carbocycles. The average molecular weight is 280 g/mol. The summed E-state index contributed by atoms with van der Waals surface area (Å²) < 4.78 is 32.0. The summed E-state index contributed by atoms with van der Waals surface area (Å²) in [5.74, 6) is -1.94. The first-order valence-electron chi connectivity index (χ1n) is 6.60. The Kier molecular flexibility index (Phi) is 2.96. The molecule has 1 N–H and O–H groups in total. The molecule has 0 radical (unpaired) electrons. The number of hydrogen-bond donors (Lipinski definition) is 1. The van der Waals surface area contributed by atoms with Gasteiger partial charge in [-0.05, 0) is 31.9 Å². The van der Waals surface area contributed by atoms with Gasteiger partial charge >= 0.3 is 5.97 Å². The lowest BCUT2D eigenvalue weighted by molar-refractivity contribution is -0.154. The second-order valence-corrected chi connectivity index (χ2v) is 5.00. The minimum Gasteiger partial charge on any atom is -0.465 e. The van der Waals surface area contributed by atoms with E-state index in [-0.39, 0.29) is 18.1 Å². The summed E-state index contributed by atoms with van der Waals surface area (Å²) in [6.45, 7) is 2.02. The highest BCUT2D eigenvalue weighted by atomic mass is 19.2. The standard InChI is InChI=1S/C14H14F2N2O2/c1-2-20-13(19)14(6-3-7-14)12-17-9-5-4-8(15)10(16)11(9)18-12/h4-5H,2-3,6-7H2,1H3,(H,17,18). The van der Waals surface area contributed by atoms with Crippen LogP contribution < -0.4 is 0 Å². The summed E-state index contributed by atoms with van der Waals surface area (Å²) in [4.78, 5) is 19.2. The van der Waals surface area contributed by atoms with Crippen molar-refractivity contribution < 1.29 is 18.3 Å². The summed E-state index contributed by atoms with van der Waals surface area (Å²) in [6.07, 6.45) is 2.10. The first kappa shape index (κ1) is 13.0. The van der Waals surface area contributed by atoms with Crippen LogP contribution in [0.4, 0.5) is 8.78 Å². The molecule has 1 aromatic heterocycles. The Morgan fingerprint density at radius 2 is 2.20 bits per heavy atom. The van der Waals surface area contributed by atoms with Crippen LogP contribution in [-0.2, 0) is 14.9 Å². The van der Waals surface area contributed by atoms with Gasteiger partial charge in [-0.1, -0.05) is 6.42 Å². The minimum absolute atomic E-state index is 0.0735. The van der Waals surface area contributed by atoms with Gasteiger partial charge in [0.2, 0.25) is 0 Å². The Hall–Kier alpha value is -1.98. The Morgan fingerprint density at radius 3 is 2.80 bits per heavy atom. The number of carbonyl (C=O) groups is 1. The van der Waals surface area contributed by atoms with E-state index in [0.29, 0.717) is 24.2 Å². The highest BCUT2D eigenvalue weighted by Crippen LogP contribution is 2.44. The molecule has 0 spiro atoms. The van der Waals surface area contributed by atoms with Gasteiger partial charge in [0.1, 0.15) is 16.8 Å². The van der Waals surface area contributed by atoms with Gasteiger partial charge in [-0.15, -0.1) is 0 Å². The van der Waals surface area contributed by atoms with E-state index in [1.165, 1.54) is 6.07 Å². The van der Waals surface area contributed by atoms with Crippen LogP contribution in [0.15, 0.2) is 12.1 Å². The van der Waals surface area contributed by atoms with Gasteiger partial charge in [-0.25, -0.2) is 13.8 Å². The number of nitrogens with zero attached hydrogens (tertiary/aromatic N) is 1. The molecule has 0 amide bonds. The average Bonchev–Trinajstić information content (AvgIpc) is 2.78. The molecule has 6 heteroatoms. The maximum atomic E-state index is 13.7. The molecule has 0 atom stereocenters. The number of hydrogen-bond acceptors (Lipinski definition) is 3. The van der Waals surface area contributed by atoms with Crippen molar-refractivity contribution in [3.05, 3.63) is 29.6 Å². The molecule has 1 fully saturated rings. The highest BCUT2D eigenvalue weighted by Gasteiger charge is 2.49. The van der Waals surface area contributed by atoms with E-state index in [1.807, 2.05) is 0 Å². The number of rotatable bonds is 3. The molecule has 1 aliphatic carbocycles. The van der Waals surface area contributed by atoms with Gasteiger partial charge < -0.3 is 9.72 Å². The fourth-order valence-corrected chi connectivity index (χ4v) is 2.58. The third kappa shape index (κ3) is 1.71. The number of aromatic amines is 1. The first-order valence-corrected chi connectivity index (χ1v) is 6.60. The molecule has 0 aliphatic heterocycles. The van der Waals surface area contributed by atoms with E-state index in [9.17, 15) is 13.6 Å². The zero-order valence-corrected chi connectivity index (χ0v) is 11.0. The van der Waals surface area contributed by atoms with Gasteiger partial charge in [-0.2, -0.15) is 0 Å². The monoisotopic (exact) mass is 280 g/mol. The van der Waals surface area contributed by atoms with Crippen LogP contribution in [0.25, 0.3) is 11.0 Å². The van der Waals surface area contributed by atoms with E-state index < -0.39 is 17.0 Å². The number of nitrogens with one attached hydrogen (secondary N) is 1. The van der Waals surface area contributed by atoms with Gasteiger partial charge in [0.25, 0.3) is 0 Å². The number of carbonyl (C=O) groups excluding carboxylic acids is 1. The first-order chi connectivity index (χ1) is 9.58. The van der Waals surface area contributed by atoms with Crippen molar-refractivity contribution >= 4 is 17.0 Å². The fraction of sp³-hybridized carbons (Fsp3) is 0.429. The molecule has 1 aromatic carbocycles. The molecule has 2 aromatic rings. The second-order valence-electron chi connectivity index (χ2n) is 5.00. The number of aromatic nitrogens is 2. The molecule has 4 nitrogen and oxygen atoms in total. The topological polar surface area (TPSA) is 55.0 Å². The summed E-state index contributed by atoms with van der Waals surface area (Å²) in [7, 11) is 0. The lowest BCUT2D eigenvalue weighted by Gasteiger charge is -2.37. The van der Waals surface area contributed by atoms with E-state index in [1.54, 1.807) is 6.92 Å². The van der Waals surface area contributed by atoms with Crippen LogP contribution in [0.5, 0.6) is 0 Å². The van der Waals surface area contributed by atoms with Crippen molar-refractivity contribution in [1.29, 1.82) is 0 Å². The molecule has 106 valence electrons. The van der Waals surface area contributed by atoms with Crippen LogP contribution in [0.2, 0.25) is 0 Å². The molecule has 0 saturated heterocycles. The van der Waals surface area contributed by atoms with E-state index >= 15 is 0 Å². The summed E-state index contributed by atoms with van der Waals surface area (Å²) in [5.41, 5.74) is -0.525. The van der Waals surface area contributed by atoms with Crippen molar-refractivity contribution in [1.82, 2.24) is 9.97 Å². The molecule has 0 unspecified atom stereocenters. The molecule has 20 heavy (non-hydrogen) atoms. The Bertz CT molecular complexity index is 677. The second kappa shape index (κ2) is 4.54. The lowest BCUT2D eigenvalue weighted by Crippen LogP contribution is -2.44. The zero-order valence-electron chi connectivity index (χ0n) is 11.0. The van der Waals surface area contributed by atoms with Crippen molar-refractivity contribution in [2.45, 2.75) is 31.6 Å². The summed E-state index contributed by atoms with van der Waals surface area (Å²) in [5, 5.41) is 0. The number of H-pyrrole nitrogens is 1. The van der Waals surface area contributed by atoms with Crippen LogP contribution in [0.3, 0.4) is 0 Å². The highest BCUT2D eigenvalue weighted by molar-refractivity contribution is 5.85. The zero-order chi connectivity index (χ0) is 14.3. The van der Waals surface area contributed by atoms with Gasteiger partial charge in [0.05, 0.1) is 12.1 Å². The largest absolute Gasteiger partial charge is 0.465 e. The van der Waals surface area contributed by atoms with Crippen LogP contribution in [-0.4, -0.2) is 22.5 Å². The fourth-order valence-electron chi connectivity index (χ4n) is 2.58. The Morgan fingerprint density at radius 1 is 1.45 bits per heavy atom. The van der Waals surface area contributed by atoms with Crippen molar-refractivity contribution in [3.63, 3.8) is 0 Å². The lowest BCUT2D eigenvalue weighted by atomic mass is 9.68. The number of esters is 1. The number of imidazole rings is 1. The summed E-state index contributed by atoms with van der Waals surface area (Å²) >= 11 is 0. The van der Waals surface area contributed by atoms with Gasteiger partial charge in [-0.3, -0.25) is 4.79 Å². The molecule has 3 rings (SSSR count). The summed E-state index contributed by atoms with van der Waals surface area (Å²) in [6, 6.07) is 2.46. The maximum absolute atomic E-state index is 13.7. The maximum Gasteiger partial charge on any atom is 0.319 e. The van der Waals surface area contributed by atoms with Crippen LogP contribution in [0.1, 0.15) is 32.0 Å². The van der Waals surface area contributed by atoms with Gasteiger partial charge in [0, 0.05) is 0 Å². The van der Waals surface area contributed by atoms with Crippen molar-refractivity contribution in [2.24, 2.45) is 0 Å².